The Morgan fingerprint density at radius 3 is 1.55 bits per heavy atom. The van der Waals surface area contributed by atoms with Crippen molar-refractivity contribution in [3.05, 3.63) is 140 Å². The maximum atomic E-state index is 2.34. The molecule has 156 valence electrons. The molecule has 0 aliphatic carbocycles. The number of para-hydroxylation sites is 2. The van der Waals surface area contributed by atoms with E-state index in [1.54, 1.807) is 0 Å². The molecule has 0 unspecified atom stereocenters. The van der Waals surface area contributed by atoms with Crippen molar-refractivity contribution in [2.24, 2.45) is 0 Å². The summed E-state index contributed by atoms with van der Waals surface area (Å²) in [5, 5.41) is 5.03. The van der Waals surface area contributed by atoms with Crippen molar-refractivity contribution in [3.63, 3.8) is 0 Å². The second-order valence-corrected chi connectivity index (χ2v) is 8.21. The van der Waals surface area contributed by atoms with Gasteiger partial charge in [0.15, 0.2) is 0 Å². The highest BCUT2D eigenvalue weighted by molar-refractivity contribution is 6.10. The van der Waals surface area contributed by atoms with E-state index < -0.39 is 0 Å². The SMILES string of the molecule is c1ccc(N(c2ccccc2)c2ccc(-c3cccc4ccccc34)c3ccccc23)cc1. The minimum Gasteiger partial charge on any atom is -0.310 e. The first kappa shape index (κ1) is 19.3. The Labute approximate surface area is 194 Å². The average Bonchev–Trinajstić information content (AvgIpc) is 2.90. The van der Waals surface area contributed by atoms with Crippen molar-refractivity contribution in [3.8, 4) is 11.1 Å². The van der Waals surface area contributed by atoms with Gasteiger partial charge >= 0.3 is 0 Å². The standard InChI is InChI=1S/C32H23N/c1-3-14-25(15-4-1)33(26-16-5-2-6-17-26)32-23-22-30(29-19-9-10-20-31(29)32)28-21-11-13-24-12-7-8-18-27(24)28/h1-23H. The van der Waals surface area contributed by atoms with Crippen molar-refractivity contribution < 1.29 is 0 Å². The number of hydrogen-bond donors (Lipinski definition) is 0. The summed E-state index contributed by atoms with van der Waals surface area (Å²) in [6, 6.07) is 49.6. The largest absolute Gasteiger partial charge is 0.310 e. The highest BCUT2D eigenvalue weighted by atomic mass is 15.1. The summed E-state index contributed by atoms with van der Waals surface area (Å²) in [5.41, 5.74) is 5.99. The predicted molar refractivity (Wildman–Crippen MR) is 142 cm³/mol. The van der Waals surface area contributed by atoms with Crippen LogP contribution < -0.4 is 4.90 Å². The van der Waals surface area contributed by atoms with E-state index in [0.29, 0.717) is 0 Å². The van der Waals surface area contributed by atoms with Crippen LogP contribution in [0.3, 0.4) is 0 Å². The van der Waals surface area contributed by atoms with Gasteiger partial charge in [-0.05, 0) is 57.6 Å². The first-order valence-electron chi connectivity index (χ1n) is 11.3. The fraction of sp³-hybridized carbons (Fsp3) is 0. The molecule has 0 atom stereocenters. The third kappa shape index (κ3) is 3.44. The summed E-state index contributed by atoms with van der Waals surface area (Å²) in [6.45, 7) is 0. The summed E-state index contributed by atoms with van der Waals surface area (Å²) in [6.07, 6.45) is 0. The molecule has 0 spiro atoms. The van der Waals surface area contributed by atoms with E-state index in [-0.39, 0.29) is 0 Å². The molecule has 0 heterocycles. The predicted octanol–water partition coefficient (Wildman–Crippen LogP) is 9.13. The molecule has 0 aliphatic rings. The van der Waals surface area contributed by atoms with Crippen LogP contribution in [-0.2, 0) is 0 Å². The lowest BCUT2D eigenvalue weighted by Crippen LogP contribution is -2.10. The number of benzene rings is 6. The normalized spacial score (nSPS) is 11.0. The van der Waals surface area contributed by atoms with E-state index >= 15 is 0 Å². The van der Waals surface area contributed by atoms with Crippen LogP contribution >= 0.6 is 0 Å². The molecular weight excluding hydrogens is 398 g/mol. The van der Waals surface area contributed by atoms with Gasteiger partial charge in [0.1, 0.15) is 0 Å². The molecule has 0 aliphatic heterocycles. The van der Waals surface area contributed by atoms with Crippen LogP contribution in [0.1, 0.15) is 0 Å². The molecule has 0 radical (unpaired) electrons. The maximum absolute atomic E-state index is 2.34. The zero-order valence-corrected chi connectivity index (χ0v) is 18.2. The third-order valence-electron chi connectivity index (χ3n) is 6.25. The van der Waals surface area contributed by atoms with Gasteiger partial charge in [0.2, 0.25) is 0 Å². The molecule has 6 aromatic carbocycles. The Morgan fingerprint density at radius 1 is 0.333 bits per heavy atom. The summed E-state index contributed by atoms with van der Waals surface area (Å²) in [5.74, 6) is 0. The Kier molecular flexibility index (Phi) is 4.86. The zero-order valence-electron chi connectivity index (χ0n) is 18.2. The van der Waals surface area contributed by atoms with Crippen molar-refractivity contribution in [2.45, 2.75) is 0 Å². The van der Waals surface area contributed by atoms with E-state index in [1.807, 2.05) is 0 Å². The fourth-order valence-corrected chi connectivity index (χ4v) is 4.75. The molecule has 0 saturated heterocycles. The van der Waals surface area contributed by atoms with Crippen LogP contribution in [0, 0.1) is 0 Å². The van der Waals surface area contributed by atoms with Crippen LogP contribution in [0.2, 0.25) is 0 Å². The van der Waals surface area contributed by atoms with Gasteiger partial charge in [-0.25, -0.2) is 0 Å². The lowest BCUT2D eigenvalue weighted by atomic mass is 9.93. The summed E-state index contributed by atoms with van der Waals surface area (Å²) >= 11 is 0. The van der Waals surface area contributed by atoms with Gasteiger partial charge in [0, 0.05) is 16.8 Å². The molecule has 33 heavy (non-hydrogen) atoms. The minimum absolute atomic E-state index is 1.15. The first-order valence-corrected chi connectivity index (χ1v) is 11.3. The maximum Gasteiger partial charge on any atom is 0.0540 e. The molecule has 6 aromatic rings. The average molecular weight is 422 g/mol. The lowest BCUT2D eigenvalue weighted by Gasteiger charge is -2.27. The van der Waals surface area contributed by atoms with Gasteiger partial charge < -0.3 is 4.90 Å². The molecule has 0 N–H and O–H groups in total. The Bertz CT molecular complexity index is 1510. The topological polar surface area (TPSA) is 3.24 Å². The highest BCUT2D eigenvalue weighted by Gasteiger charge is 2.17. The number of anilines is 3. The number of rotatable bonds is 4. The zero-order chi connectivity index (χ0) is 22.0. The van der Waals surface area contributed by atoms with Gasteiger partial charge in [-0.3, -0.25) is 0 Å². The lowest BCUT2D eigenvalue weighted by molar-refractivity contribution is 1.30. The van der Waals surface area contributed by atoms with E-state index in [1.165, 1.54) is 38.4 Å². The molecule has 0 fully saturated rings. The molecule has 1 nitrogen and oxygen atoms in total. The number of nitrogens with zero attached hydrogens (tertiary/aromatic N) is 1. The Hall–Kier alpha value is -4.36. The van der Waals surface area contributed by atoms with E-state index in [9.17, 15) is 0 Å². The number of hydrogen-bond acceptors (Lipinski definition) is 1. The molecule has 0 aromatic heterocycles. The third-order valence-corrected chi connectivity index (χ3v) is 6.25. The Morgan fingerprint density at radius 2 is 0.848 bits per heavy atom. The molecule has 0 amide bonds. The minimum atomic E-state index is 1.15. The van der Waals surface area contributed by atoms with Crippen LogP contribution in [0.25, 0.3) is 32.7 Å². The van der Waals surface area contributed by atoms with E-state index in [4.69, 9.17) is 0 Å². The van der Waals surface area contributed by atoms with Gasteiger partial charge in [-0.15, -0.1) is 0 Å². The summed E-state index contributed by atoms with van der Waals surface area (Å²) in [4.78, 5) is 2.34. The molecule has 1 heteroatoms. The molecular formula is C32H23N. The van der Waals surface area contributed by atoms with Crippen molar-refractivity contribution in [1.82, 2.24) is 0 Å². The molecule has 0 bridgehead atoms. The fourth-order valence-electron chi connectivity index (χ4n) is 4.75. The summed E-state index contributed by atoms with van der Waals surface area (Å²) in [7, 11) is 0. The van der Waals surface area contributed by atoms with Crippen molar-refractivity contribution >= 4 is 38.6 Å². The van der Waals surface area contributed by atoms with Gasteiger partial charge in [0.25, 0.3) is 0 Å². The summed E-state index contributed by atoms with van der Waals surface area (Å²) < 4.78 is 0. The van der Waals surface area contributed by atoms with Crippen molar-refractivity contribution in [2.75, 3.05) is 4.90 Å². The second-order valence-electron chi connectivity index (χ2n) is 8.21. The van der Waals surface area contributed by atoms with Crippen LogP contribution in [0.5, 0.6) is 0 Å². The van der Waals surface area contributed by atoms with Gasteiger partial charge in [0.05, 0.1) is 5.69 Å². The quantitative estimate of drug-likeness (QED) is 0.274. The molecule has 6 rings (SSSR count). The monoisotopic (exact) mass is 421 g/mol. The smallest absolute Gasteiger partial charge is 0.0540 e. The van der Waals surface area contributed by atoms with E-state index in [0.717, 1.165) is 11.4 Å². The van der Waals surface area contributed by atoms with E-state index in [2.05, 4.69) is 144 Å². The van der Waals surface area contributed by atoms with Crippen molar-refractivity contribution in [1.29, 1.82) is 0 Å². The second kappa shape index (κ2) is 8.29. The highest BCUT2D eigenvalue weighted by Crippen LogP contribution is 2.42. The first-order chi connectivity index (χ1) is 16.4. The number of fused-ring (bicyclic) bond motifs is 2. The van der Waals surface area contributed by atoms with Crippen LogP contribution in [0.15, 0.2) is 140 Å². The van der Waals surface area contributed by atoms with Crippen LogP contribution in [-0.4, -0.2) is 0 Å². The van der Waals surface area contributed by atoms with Gasteiger partial charge in [-0.1, -0.05) is 109 Å². The van der Waals surface area contributed by atoms with Gasteiger partial charge in [-0.2, -0.15) is 0 Å². The van der Waals surface area contributed by atoms with Crippen LogP contribution in [0.4, 0.5) is 17.1 Å². The molecule has 0 saturated carbocycles. The Balaban J connectivity index is 1.63.